The summed E-state index contributed by atoms with van der Waals surface area (Å²) in [7, 11) is 0. The topological polar surface area (TPSA) is 894 Å². The first-order chi connectivity index (χ1) is 70.0. The third-order valence-corrected chi connectivity index (χ3v) is 24.5. The number of amides is 16. The van der Waals surface area contributed by atoms with E-state index in [0.717, 1.165) is 11.8 Å². The predicted octanol–water partition coefficient (Wildman–Crippen LogP) is -5.95. The SMILES string of the molecule is CSCC[C@H](NC(=O)[C@H](CCCNC(=N)N)NC(=O)[C@H](Cc1c[nH]c2ccccc12)NC(=O)[C@H](CCC(N)=O)NC(=O)[C@H](Cc1c[nH]c2ccccc12)NC(=O)[C@H](CCCNC(=N)N)NC(=O)[C@H](CC(C)C)NC(=O)[C@H](CSCNC(C)=O)NC(=O)[C@H](CCCCN)NC(=O)[C@@H](N)CCCNC(=N)N)C(=O)N[C@@H](CCCNC(=N)N)C(=O)N[C@@H](CCCCN)C(=O)N[C@@H](Cc1ccc(O)cc1)C(=O)NCC(=O)NCC(=O)O. The lowest BCUT2D eigenvalue weighted by Crippen LogP contribution is -2.61. The van der Waals surface area contributed by atoms with Gasteiger partial charge in [-0.2, -0.15) is 11.8 Å². The second kappa shape index (κ2) is 66.3. The number of fused-ring (bicyclic) bond motifs is 2. The number of aromatic hydroxyl groups is 1. The third kappa shape index (κ3) is 47.3. The van der Waals surface area contributed by atoms with Crippen LogP contribution >= 0.6 is 23.5 Å². The molecule has 0 aliphatic carbocycles. The fourth-order valence-electron chi connectivity index (χ4n) is 15.2. The van der Waals surface area contributed by atoms with Crippen molar-refractivity contribution in [2.45, 2.75) is 234 Å². The number of unbranched alkanes of at least 4 members (excludes halogenated alkanes) is 2. The lowest BCUT2D eigenvalue weighted by Gasteiger charge is -2.29. The number of carbonyl (C=O) groups is 17. The number of para-hydroxylation sites is 2. The first kappa shape index (κ1) is 123. The van der Waals surface area contributed by atoms with Crippen molar-refractivity contribution < 1.29 is 91.7 Å². The van der Waals surface area contributed by atoms with Crippen molar-refractivity contribution in [2.75, 3.05) is 76.0 Å². The van der Waals surface area contributed by atoms with Crippen molar-refractivity contribution in [1.29, 1.82) is 21.6 Å². The summed E-state index contributed by atoms with van der Waals surface area (Å²) in [5, 5.41) is 101. The number of thioether (sulfide) groups is 2. The molecule has 13 atom stereocenters. The van der Waals surface area contributed by atoms with Gasteiger partial charge in [0.15, 0.2) is 23.8 Å². The number of carboxylic acids is 1. The van der Waals surface area contributed by atoms with Crippen LogP contribution in [0.1, 0.15) is 153 Å². The number of H-pyrrole nitrogens is 2. The van der Waals surface area contributed by atoms with E-state index >= 15 is 33.6 Å². The van der Waals surface area contributed by atoms with Gasteiger partial charge in [-0.1, -0.05) is 62.4 Å². The normalized spacial score (nSPS) is 13.7. The van der Waals surface area contributed by atoms with E-state index in [2.05, 4.69) is 111 Å². The average molecular weight is 2100 g/mol. The zero-order valence-electron chi connectivity index (χ0n) is 83.1. The number of aliphatic carboxylic acids is 1. The molecule has 52 nitrogen and oxygen atoms in total. The molecule has 0 saturated heterocycles. The van der Waals surface area contributed by atoms with Gasteiger partial charge in [0.25, 0.3) is 0 Å². The molecule has 2 aromatic heterocycles. The van der Waals surface area contributed by atoms with E-state index in [1.54, 1.807) is 81.0 Å². The first-order valence-corrected chi connectivity index (χ1v) is 50.9. The Bertz CT molecular complexity index is 5240. The molecule has 147 heavy (non-hydrogen) atoms. The molecule has 0 unspecified atom stereocenters. The molecule has 43 N–H and O–H groups in total. The summed E-state index contributed by atoms with van der Waals surface area (Å²) < 4.78 is 0. The van der Waals surface area contributed by atoms with E-state index < -0.39 is 223 Å². The lowest BCUT2D eigenvalue weighted by atomic mass is 10.00. The standard InChI is InChI=1S/C93H147N33O19S2/c1-51(2)41-69(122-89(145)73(49-147-50-114-52(3)127)126-83(139)62(22-9-11-34-94)115-77(133)59(96)19-13-36-106-90(98)99)86(142)118-66(26-16-39-109-93(104)105)82(138)124-72(44-55-46-111-61-21-8-6-18-58(55)61)88(144)120-67(31-32-74(97)129)84(140)125-71(43-54-45-110-60-20-7-5-17-57(54)60)87(143)119-65(25-15-38-108-92(102)103)80(136)121-68(33-40-146-4)85(141)117-64(24-14-37-107-91(100)101)79(135)116-63(23-10-12-35-95)81(137)123-70(42-53-27-29-56(128)30-28-53)78(134)113-47-75(130)112-48-76(131)132/h5-8,17-18,20-21,27-30,45-46,51,59,62-73,110-111,128H,9-16,19,22-26,31-44,47-50,94-96H2,1-4H3,(H2,97,129)(H,112,130)(H,113,134)(H,114,127)(H,115,133)(H,116,135)(H,117,141)(H,118,142)(H,119,143)(H,120,144)(H,121,136)(H,122,145)(H,123,137)(H,124,138)(H,125,140)(H,126,139)(H,131,132)(H4,98,99,106)(H4,100,101,107)(H4,102,103,108)(H4,104,105,109)/t59-,62-,63-,64-,65-,66-,67-,68-,69-,70-,71-,72-,73-/m0/s1. The Kier molecular flexibility index (Phi) is 55.3. The Morgan fingerprint density at radius 1 is 0.381 bits per heavy atom. The van der Waals surface area contributed by atoms with Gasteiger partial charge in [-0.3, -0.25) is 103 Å². The Morgan fingerprint density at radius 2 is 0.728 bits per heavy atom. The van der Waals surface area contributed by atoms with Gasteiger partial charge in [0.2, 0.25) is 94.5 Å². The van der Waals surface area contributed by atoms with Crippen molar-refractivity contribution in [3.63, 3.8) is 0 Å². The number of primary amides is 1. The molecule has 0 spiro atoms. The Morgan fingerprint density at radius 3 is 1.12 bits per heavy atom. The fourth-order valence-corrected chi connectivity index (χ4v) is 16.6. The number of nitrogens with two attached hydrogens (primary N) is 8. The van der Waals surface area contributed by atoms with E-state index in [1.165, 1.54) is 43.0 Å². The van der Waals surface area contributed by atoms with Gasteiger partial charge in [-0.25, -0.2) is 0 Å². The van der Waals surface area contributed by atoms with Gasteiger partial charge < -0.3 is 167 Å². The van der Waals surface area contributed by atoms with Crippen LogP contribution in [0.3, 0.4) is 0 Å². The number of aromatic amines is 2. The van der Waals surface area contributed by atoms with E-state index in [9.17, 15) is 53.1 Å². The summed E-state index contributed by atoms with van der Waals surface area (Å²) in [6.07, 6.45) is 3.62. The van der Waals surface area contributed by atoms with Gasteiger partial charge in [0, 0.05) is 98.7 Å². The minimum Gasteiger partial charge on any atom is -0.508 e. The summed E-state index contributed by atoms with van der Waals surface area (Å²) in [5.74, 6) is -18.1. The maximum absolute atomic E-state index is 15.6. The average Bonchev–Trinajstić information content (AvgIpc) is 1.67. The van der Waals surface area contributed by atoms with Crippen LogP contribution in [0.15, 0.2) is 85.2 Å². The number of benzene rings is 3. The van der Waals surface area contributed by atoms with Crippen LogP contribution in [0.5, 0.6) is 5.75 Å². The second-order valence-electron chi connectivity index (χ2n) is 35.4. The Hall–Kier alpha value is -14.8. The largest absolute Gasteiger partial charge is 0.508 e. The van der Waals surface area contributed by atoms with Gasteiger partial charge in [0.05, 0.1) is 18.5 Å². The fraction of sp³-hybridized carbons (Fsp3) is 0.538. The molecule has 0 aliphatic heterocycles. The Labute approximate surface area is 859 Å². The minimum absolute atomic E-state index is 0.00940. The van der Waals surface area contributed by atoms with Gasteiger partial charge in [0.1, 0.15) is 84.8 Å². The van der Waals surface area contributed by atoms with Crippen LogP contribution in [-0.4, -0.2) is 299 Å². The smallest absolute Gasteiger partial charge is 0.322 e. The number of phenols is 1. The van der Waals surface area contributed by atoms with Crippen LogP contribution in [0.25, 0.3) is 21.8 Å². The summed E-state index contributed by atoms with van der Waals surface area (Å²) in [4.78, 5) is 249. The molecule has 0 radical (unpaired) electrons. The number of hydrogen-bond donors (Lipinski definition) is 35. The molecule has 16 amide bonds. The van der Waals surface area contributed by atoms with Gasteiger partial charge in [-0.05, 0) is 181 Å². The zero-order chi connectivity index (χ0) is 109. The van der Waals surface area contributed by atoms with E-state index in [4.69, 9.17) is 72.6 Å². The molecule has 2 heterocycles. The zero-order valence-corrected chi connectivity index (χ0v) is 84.7. The van der Waals surface area contributed by atoms with Crippen LogP contribution < -0.4 is 147 Å². The minimum atomic E-state index is -1.81. The highest BCUT2D eigenvalue weighted by molar-refractivity contribution is 7.99. The molecule has 0 aliphatic rings. The highest BCUT2D eigenvalue weighted by Gasteiger charge is 2.39. The summed E-state index contributed by atoms with van der Waals surface area (Å²) >= 11 is 2.30. The molecule has 5 rings (SSSR count). The van der Waals surface area contributed by atoms with Crippen LogP contribution in [-0.2, 0) is 101 Å². The molecular formula is C93H147N33O19S2. The number of nitrogens with one attached hydrogen (secondary N) is 25. The monoisotopic (exact) mass is 2090 g/mol. The third-order valence-electron chi connectivity index (χ3n) is 22.9. The molecule has 54 heteroatoms. The Balaban J connectivity index is 1.55. The first-order valence-electron chi connectivity index (χ1n) is 48.3. The summed E-state index contributed by atoms with van der Waals surface area (Å²) in [5.41, 5.74) is 48.5. The molecule has 3 aromatic carbocycles. The number of phenolic OH excluding ortho intramolecular Hbond substituents is 1. The molecule has 5 aromatic rings. The highest BCUT2D eigenvalue weighted by Crippen LogP contribution is 2.24. The van der Waals surface area contributed by atoms with E-state index in [-0.39, 0.29) is 171 Å². The highest BCUT2D eigenvalue weighted by atomic mass is 32.2. The number of guanidine groups is 4. The van der Waals surface area contributed by atoms with E-state index in [1.807, 2.05) is 0 Å². The number of hydrogen-bond acceptors (Lipinski definition) is 27. The van der Waals surface area contributed by atoms with Crippen LogP contribution in [0.2, 0.25) is 0 Å². The maximum Gasteiger partial charge on any atom is 0.322 e. The molecule has 810 valence electrons. The quantitative estimate of drug-likeness (QED) is 0.00746. The molecular weight excluding hydrogens is 1950 g/mol. The molecule has 0 fully saturated rings. The van der Waals surface area contributed by atoms with Crippen LogP contribution in [0, 0.1) is 27.6 Å². The van der Waals surface area contributed by atoms with Crippen molar-refractivity contribution in [3.05, 3.63) is 102 Å². The van der Waals surface area contributed by atoms with Crippen molar-refractivity contribution in [2.24, 2.45) is 51.8 Å². The van der Waals surface area contributed by atoms with Gasteiger partial charge >= 0.3 is 5.97 Å². The maximum atomic E-state index is 15.6. The van der Waals surface area contributed by atoms with Gasteiger partial charge in [-0.15, -0.1) is 11.8 Å². The molecule has 0 saturated carbocycles. The summed E-state index contributed by atoms with van der Waals surface area (Å²) in [6, 6.07) is -0.382. The van der Waals surface area contributed by atoms with Crippen LogP contribution in [0.4, 0.5) is 0 Å². The number of rotatable bonds is 71. The van der Waals surface area contributed by atoms with E-state index in [0.29, 0.717) is 64.2 Å². The predicted molar refractivity (Wildman–Crippen MR) is 555 cm³/mol. The van der Waals surface area contributed by atoms with Crippen molar-refractivity contribution in [3.8, 4) is 5.75 Å². The number of aromatic nitrogens is 2. The number of carbonyl (C=O) groups excluding carboxylic acids is 16. The summed E-state index contributed by atoms with van der Waals surface area (Å²) in [6.45, 7) is 3.80. The number of carboxylic acid groups (broad SMARTS) is 1. The second-order valence-corrected chi connectivity index (χ2v) is 37.4. The lowest BCUT2D eigenvalue weighted by molar-refractivity contribution is -0.138. The molecule has 0 bridgehead atoms. The van der Waals surface area contributed by atoms with Crippen molar-refractivity contribution in [1.82, 2.24) is 111 Å². The van der Waals surface area contributed by atoms with Crippen molar-refractivity contribution >= 4 is 170 Å².